The zero-order chi connectivity index (χ0) is 22.1. The smallest absolute Gasteiger partial charge is 0.269 e. The van der Waals surface area contributed by atoms with Crippen LogP contribution in [0.2, 0.25) is 0 Å². The largest absolute Gasteiger partial charge is 0.506 e. The number of carbonyl (C=O) groups is 3. The van der Waals surface area contributed by atoms with Gasteiger partial charge in [-0.2, -0.15) is 0 Å². The van der Waals surface area contributed by atoms with Gasteiger partial charge in [-0.25, -0.2) is 12.7 Å². The Morgan fingerprint density at radius 1 is 1.17 bits per heavy atom. The number of carbonyl (C=O) groups excluding carboxylic acids is 3. The minimum absolute atomic E-state index is 0.0134. The Hall–Kier alpha value is -2.48. The van der Waals surface area contributed by atoms with Crippen LogP contribution in [0.3, 0.4) is 0 Å². The molecular formula is C22H23NO6S. The number of hydrogen-bond donors (Lipinski definition) is 1. The summed E-state index contributed by atoms with van der Waals surface area (Å²) in [4.78, 5) is 39.1. The highest BCUT2D eigenvalue weighted by Gasteiger charge is 2.84. The van der Waals surface area contributed by atoms with Crippen molar-refractivity contribution in [2.24, 2.45) is 22.7 Å². The predicted molar refractivity (Wildman–Crippen MR) is 107 cm³/mol. The molecule has 3 fully saturated rings. The lowest BCUT2D eigenvalue weighted by atomic mass is 9.84. The van der Waals surface area contributed by atoms with Gasteiger partial charge < -0.3 is 5.11 Å². The van der Waals surface area contributed by atoms with Crippen LogP contribution >= 0.6 is 0 Å². The summed E-state index contributed by atoms with van der Waals surface area (Å²) in [6, 6.07) is 1.45. The molecule has 3 unspecified atom stereocenters. The molecule has 158 valence electrons. The first-order chi connectivity index (χ1) is 13.8. The fourth-order valence-corrected chi connectivity index (χ4v) is 8.23. The Balaban J connectivity index is 1.73. The average Bonchev–Trinajstić information content (AvgIpc) is 2.98. The molecule has 1 spiro atoms. The number of benzene rings is 1. The third-order valence-corrected chi connectivity index (χ3v) is 10.1. The van der Waals surface area contributed by atoms with Crippen molar-refractivity contribution in [1.29, 1.82) is 0 Å². The van der Waals surface area contributed by atoms with Crippen molar-refractivity contribution in [2.45, 2.75) is 45.4 Å². The Kier molecular flexibility index (Phi) is 3.39. The number of sulfonamides is 1. The first kappa shape index (κ1) is 19.5. The Morgan fingerprint density at radius 3 is 2.37 bits per heavy atom. The second-order valence-corrected chi connectivity index (χ2v) is 11.4. The van der Waals surface area contributed by atoms with E-state index in [9.17, 15) is 27.9 Å². The number of nitrogens with zero attached hydrogens (tertiary/aromatic N) is 1. The number of aliphatic hydroxyl groups is 1. The van der Waals surface area contributed by atoms with Crippen LogP contribution in [0.1, 0.15) is 53.7 Å². The number of amides is 1. The molecule has 1 amide bonds. The van der Waals surface area contributed by atoms with Gasteiger partial charge in [0.15, 0.2) is 11.6 Å². The quantitative estimate of drug-likeness (QED) is 0.417. The lowest BCUT2D eigenvalue weighted by Crippen LogP contribution is -2.25. The molecule has 0 aromatic heterocycles. The van der Waals surface area contributed by atoms with Crippen molar-refractivity contribution in [3.8, 4) is 0 Å². The zero-order valence-corrected chi connectivity index (χ0v) is 18.3. The molecule has 3 atom stereocenters. The summed E-state index contributed by atoms with van der Waals surface area (Å²) in [6.07, 6.45) is 1.47. The van der Waals surface area contributed by atoms with Crippen molar-refractivity contribution in [3.05, 3.63) is 33.9 Å². The molecule has 0 bridgehead atoms. The highest BCUT2D eigenvalue weighted by Crippen LogP contribution is 2.82. The molecule has 3 aliphatic carbocycles. The van der Waals surface area contributed by atoms with Crippen molar-refractivity contribution in [2.75, 3.05) is 7.05 Å². The number of hydrogen-bond acceptors (Lipinski definition) is 6. The van der Waals surface area contributed by atoms with Crippen molar-refractivity contribution >= 4 is 33.3 Å². The third kappa shape index (κ3) is 1.75. The minimum atomic E-state index is -3.95. The molecule has 3 saturated carbocycles. The van der Waals surface area contributed by atoms with Gasteiger partial charge in [-0.3, -0.25) is 14.4 Å². The number of ketones is 2. The summed E-state index contributed by atoms with van der Waals surface area (Å²) in [5.74, 6) is -2.05. The van der Waals surface area contributed by atoms with Gasteiger partial charge in [-0.1, -0.05) is 13.8 Å². The van der Waals surface area contributed by atoms with Crippen LogP contribution in [0, 0.1) is 36.5 Å². The van der Waals surface area contributed by atoms with Crippen molar-refractivity contribution in [3.63, 3.8) is 0 Å². The zero-order valence-electron chi connectivity index (χ0n) is 17.5. The van der Waals surface area contributed by atoms with Crippen LogP contribution in [-0.2, 0) is 19.6 Å². The van der Waals surface area contributed by atoms with Gasteiger partial charge in [0.05, 0.1) is 11.0 Å². The second kappa shape index (κ2) is 5.22. The number of allylic oxidation sites excluding steroid dienone is 1. The molecule has 1 aromatic rings. The SMILES string of the molecule is Cc1cc(/C(O)=C2\C(=O)C3CCC4C(C)(C)C34C2=O)c(C)c2c1S(=O)(=O)N(C)C2=O. The molecule has 0 saturated heterocycles. The van der Waals surface area contributed by atoms with Gasteiger partial charge >= 0.3 is 0 Å². The molecular weight excluding hydrogens is 406 g/mol. The molecule has 0 radical (unpaired) electrons. The Bertz CT molecular complexity index is 1250. The molecule has 30 heavy (non-hydrogen) atoms. The third-order valence-electron chi connectivity index (χ3n) is 8.20. The summed E-state index contributed by atoms with van der Waals surface area (Å²) < 4.78 is 25.8. The second-order valence-electron chi connectivity index (χ2n) is 9.54. The van der Waals surface area contributed by atoms with Crippen molar-refractivity contribution < 1.29 is 27.9 Å². The van der Waals surface area contributed by atoms with E-state index in [0.29, 0.717) is 10.7 Å². The van der Waals surface area contributed by atoms with Crippen LogP contribution in [0.15, 0.2) is 16.5 Å². The number of aliphatic hydroxyl groups excluding tert-OH is 1. The molecule has 1 N–H and O–H groups in total. The molecule has 7 nitrogen and oxygen atoms in total. The number of aryl methyl sites for hydroxylation is 1. The molecule has 4 aliphatic rings. The summed E-state index contributed by atoms with van der Waals surface area (Å²) in [7, 11) is -2.76. The van der Waals surface area contributed by atoms with E-state index < -0.39 is 33.0 Å². The lowest BCUT2D eigenvalue weighted by molar-refractivity contribution is -0.121. The van der Waals surface area contributed by atoms with Gasteiger partial charge in [0, 0.05) is 18.5 Å². The van der Waals surface area contributed by atoms with Crippen LogP contribution in [0.25, 0.3) is 5.76 Å². The standard InChI is InChI=1S/C22H23NO6S/c1-9-8-11(10(2)14-18(9)30(28,29)23(5)20(14)27)16(24)15-17(25)12-6-7-13-21(3,4)22(12,13)19(15)26/h8,12-13,24H,6-7H2,1-5H3/b16-15-. The molecule has 5 rings (SSSR count). The number of fused-ring (bicyclic) bond motifs is 1. The van der Waals surface area contributed by atoms with E-state index >= 15 is 0 Å². The number of rotatable bonds is 1. The van der Waals surface area contributed by atoms with E-state index in [0.717, 1.165) is 6.42 Å². The Morgan fingerprint density at radius 2 is 1.80 bits per heavy atom. The van der Waals surface area contributed by atoms with Gasteiger partial charge in [-0.05, 0) is 55.2 Å². The lowest BCUT2D eigenvalue weighted by Gasteiger charge is -2.17. The fraction of sp³-hybridized carbons (Fsp3) is 0.500. The molecule has 1 heterocycles. The molecule has 8 heteroatoms. The van der Waals surface area contributed by atoms with E-state index in [-0.39, 0.29) is 55.6 Å². The van der Waals surface area contributed by atoms with Gasteiger partial charge in [-0.15, -0.1) is 0 Å². The summed E-state index contributed by atoms with van der Waals surface area (Å²) in [5.41, 5.74) is -0.517. The van der Waals surface area contributed by atoms with Gasteiger partial charge in [0.25, 0.3) is 15.9 Å². The first-order valence-electron chi connectivity index (χ1n) is 10.0. The Labute approximate surface area is 174 Å². The van der Waals surface area contributed by atoms with E-state index in [2.05, 4.69) is 0 Å². The van der Waals surface area contributed by atoms with E-state index in [1.807, 2.05) is 13.8 Å². The fourth-order valence-electron chi connectivity index (χ4n) is 6.68. The monoisotopic (exact) mass is 429 g/mol. The van der Waals surface area contributed by atoms with Crippen molar-refractivity contribution in [1.82, 2.24) is 4.31 Å². The van der Waals surface area contributed by atoms with E-state index in [1.165, 1.54) is 27.0 Å². The highest BCUT2D eigenvalue weighted by atomic mass is 32.2. The van der Waals surface area contributed by atoms with Crippen LogP contribution < -0.4 is 0 Å². The van der Waals surface area contributed by atoms with Crippen LogP contribution in [0.4, 0.5) is 0 Å². The van der Waals surface area contributed by atoms with E-state index in [1.54, 1.807) is 0 Å². The summed E-state index contributed by atoms with van der Waals surface area (Å²) >= 11 is 0. The van der Waals surface area contributed by atoms with E-state index in [4.69, 9.17) is 0 Å². The maximum Gasteiger partial charge on any atom is 0.269 e. The highest BCUT2D eigenvalue weighted by molar-refractivity contribution is 7.90. The predicted octanol–water partition coefficient (Wildman–Crippen LogP) is 2.55. The number of Topliss-reactive ketones (excluding diaryl/α,β-unsaturated/α-hetero) is 2. The molecule has 1 aliphatic heterocycles. The maximum absolute atomic E-state index is 13.4. The molecule has 1 aromatic carbocycles. The van der Waals surface area contributed by atoms with Crippen LogP contribution in [0.5, 0.6) is 0 Å². The van der Waals surface area contributed by atoms with Gasteiger partial charge in [0.1, 0.15) is 16.2 Å². The average molecular weight is 429 g/mol. The topological polar surface area (TPSA) is 109 Å². The minimum Gasteiger partial charge on any atom is -0.506 e. The summed E-state index contributed by atoms with van der Waals surface area (Å²) in [5, 5.41) is 11.1. The van der Waals surface area contributed by atoms with Crippen LogP contribution in [-0.4, -0.2) is 42.4 Å². The van der Waals surface area contributed by atoms with Gasteiger partial charge in [0.2, 0.25) is 0 Å². The normalized spacial score (nSPS) is 34.2. The first-order valence-corrected chi connectivity index (χ1v) is 11.5. The summed E-state index contributed by atoms with van der Waals surface area (Å²) in [6.45, 7) is 7.07. The maximum atomic E-state index is 13.4.